The van der Waals surface area contributed by atoms with Gasteiger partial charge in [-0.05, 0) is 181 Å². The Bertz CT molecular complexity index is 4080. The highest BCUT2D eigenvalue weighted by molar-refractivity contribution is 5.91. The van der Waals surface area contributed by atoms with E-state index in [0.717, 1.165) is 17.8 Å². The fraction of sp³-hybridized carbons (Fsp3) is 0.507. The largest absolute Gasteiger partial charge is 0.488 e. The summed E-state index contributed by atoms with van der Waals surface area (Å²) in [5, 5.41) is 68.6. The first-order chi connectivity index (χ1) is 52.8. The molecule has 1 aromatic carbocycles. The number of ether oxygens (including phenoxy) is 10. The SMILES string of the molecule is COC(=O)[C@@H](NC(=O)OC(C)(C)C)[C@@H](C)Oc1ncccc1N.C[C@@H](O)[C@H](NC(=O)OC(C)(C)C)C(=O)O.C[C@@H](Oc1ncccc1N)[C@H](NC(=O)OC(C)(C)C)C(=O)O.C[C@@H](Oc1ncccc1[N+](=O)[O-])[C@H](NC(=O)OC(C)(C)C)C(=O)O.C[C@H]1Oc2ccccc2CC(=O)[C@H]1NC(=O)OC(C)(C)C.O=[N+]([O-])c1cccnc1F. The van der Waals surface area contributed by atoms with Gasteiger partial charge in [-0.2, -0.15) is 4.39 Å². The molecule has 115 heavy (non-hydrogen) atoms. The van der Waals surface area contributed by atoms with Crippen LogP contribution in [0.3, 0.4) is 0 Å². The monoisotopic (exact) mass is 1630 g/mol. The predicted octanol–water partition coefficient (Wildman–Crippen LogP) is 8.59. The number of aliphatic hydroxyl groups excluding tert-OH is 1. The molecule has 5 amide bonds. The number of nitro groups is 2. The van der Waals surface area contributed by atoms with Crippen LogP contribution in [0, 0.1) is 26.2 Å². The van der Waals surface area contributed by atoms with Gasteiger partial charge in [0.2, 0.25) is 11.8 Å². The number of aromatic nitrogens is 4. The molecule has 0 saturated heterocycles. The summed E-state index contributed by atoms with van der Waals surface area (Å²) in [6.45, 7) is 32.8. The number of Topliss-reactive ketones (excluding diaryl/α,β-unsaturated/α-hetero) is 1. The smallest absolute Gasteiger partial charge is 0.408 e. The number of nitrogens with two attached hydrogens (primary N) is 2. The van der Waals surface area contributed by atoms with Crippen molar-refractivity contribution in [2.24, 2.45) is 0 Å². The van der Waals surface area contributed by atoms with E-state index < -0.39 is 170 Å². The molecular weight excluding hydrogens is 1530 g/mol. The average Bonchev–Trinajstić information content (AvgIpc) is 1.81. The standard InChI is InChI=1S/C16H21NO4.C15H23N3O5.C14H19N3O7.C14H21N3O5.C9H17NO5.C5H3FN2O2/c1-10-14(17-15(19)21-16(2,3)4)12(18)9-11-7-5-6-8-13(11)20-10;1-9(22-12-10(16)7-6-8-17-12)11(13(19)21-5)18-14(20)23-15(2,3)4;1-8(23-11-9(17(21)22)6-5-7-15-11)10(12(18)19)16-13(20)24-14(2,3)4;1-8(21-11-9(15)6-5-7-16-11)10(12(18)19)17-13(20)22-14(2,3)4;1-5(11)6(7(12)13)10-8(14)15-9(2,3)4;6-5-4(8(9)10)2-1-3-7-5/h5-8,10,14H,9H2,1-4H3,(H,17,19);6-9,11H,16H2,1-5H3,(H,18,20);5-8,10H,1-4H3,(H,16,20)(H,18,19);5-8,10H,15H2,1-4H3,(H,17,20)(H,18,19);5-6,11H,1-4H3,(H,10,14)(H,12,13);1-3H/t10-,14+;9-,11+;2*8-,10+;5-,6+;/m11111./s1. The van der Waals surface area contributed by atoms with E-state index in [1.807, 2.05) is 24.3 Å². The molecule has 0 aliphatic carbocycles. The number of benzene rings is 1. The van der Waals surface area contributed by atoms with E-state index in [1.54, 1.807) is 142 Å². The number of aliphatic hydroxyl groups is 1. The van der Waals surface area contributed by atoms with Crippen LogP contribution in [-0.2, 0) is 58.8 Å². The van der Waals surface area contributed by atoms with Crippen molar-refractivity contribution in [2.45, 2.75) is 234 Å². The summed E-state index contributed by atoms with van der Waals surface area (Å²) in [6.07, 6.45) is -2.82. The van der Waals surface area contributed by atoms with E-state index in [4.69, 9.17) is 69.0 Å². The molecule has 0 bridgehead atoms. The third kappa shape index (κ3) is 40.3. The number of carbonyl (C=O) groups excluding carboxylic acids is 7. The third-order valence-electron chi connectivity index (χ3n) is 13.3. The highest BCUT2D eigenvalue weighted by Gasteiger charge is 2.37. The van der Waals surface area contributed by atoms with Crippen LogP contribution in [0.1, 0.15) is 144 Å². The molecule has 42 heteroatoms. The van der Waals surface area contributed by atoms with Crippen LogP contribution in [0.2, 0.25) is 0 Å². The lowest BCUT2D eigenvalue weighted by molar-refractivity contribution is -0.388. The van der Waals surface area contributed by atoms with E-state index in [0.29, 0.717) is 11.4 Å². The number of nitrogen functional groups attached to an aromatic ring is 2. The normalized spacial score (nSPS) is 15.0. The van der Waals surface area contributed by atoms with Crippen LogP contribution in [0.5, 0.6) is 23.4 Å². The van der Waals surface area contributed by atoms with Gasteiger partial charge >= 0.3 is 65.7 Å². The molecule has 10 atom stereocenters. The zero-order chi connectivity index (χ0) is 88.4. The summed E-state index contributed by atoms with van der Waals surface area (Å²) < 4.78 is 64.2. The molecule has 41 nitrogen and oxygen atoms in total. The number of alkyl carbamates (subject to hydrolysis) is 5. The Morgan fingerprint density at radius 2 is 0.835 bits per heavy atom. The molecule has 1 aliphatic heterocycles. The number of rotatable bonds is 21. The maximum Gasteiger partial charge on any atom is 0.408 e. The molecule has 4 aromatic heterocycles. The molecule has 5 aromatic rings. The van der Waals surface area contributed by atoms with Crippen molar-refractivity contribution in [1.29, 1.82) is 0 Å². The first-order valence-corrected chi connectivity index (χ1v) is 34.8. The highest BCUT2D eigenvalue weighted by atomic mass is 19.1. The Balaban J connectivity index is 0.000000701. The summed E-state index contributed by atoms with van der Waals surface area (Å²) in [5.74, 6) is -5.13. The maximum absolute atomic E-state index is 12.3. The van der Waals surface area contributed by atoms with Gasteiger partial charge in [-0.25, -0.2) is 63.1 Å². The van der Waals surface area contributed by atoms with Crippen molar-refractivity contribution in [3.05, 3.63) is 129 Å². The van der Waals surface area contributed by atoms with Crippen LogP contribution < -0.4 is 57.0 Å². The fourth-order valence-corrected chi connectivity index (χ4v) is 8.47. The number of hydrogen-bond donors (Lipinski definition) is 11. The van der Waals surface area contributed by atoms with E-state index in [2.05, 4.69) is 46.5 Å². The average molecular weight is 1630 g/mol. The van der Waals surface area contributed by atoms with Crippen LogP contribution in [0.4, 0.5) is 51.1 Å². The number of carbonyl (C=O) groups is 10. The quantitative estimate of drug-likeness (QED) is 0.0108. The number of anilines is 2. The number of para-hydroxylation sites is 1. The van der Waals surface area contributed by atoms with Crippen LogP contribution in [-0.4, -0.2) is 206 Å². The van der Waals surface area contributed by atoms with Crippen molar-refractivity contribution in [3.8, 4) is 23.4 Å². The number of methoxy groups -OCH3 is 1. The van der Waals surface area contributed by atoms with E-state index in [-0.39, 0.29) is 35.5 Å². The number of pyridine rings is 4. The number of halogens is 1. The zero-order valence-electron chi connectivity index (χ0n) is 67.5. The minimum Gasteiger partial charge on any atom is -0.488 e. The van der Waals surface area contributed by atoms with E-state index in [1.165, 1.54) is 64.7 Å². The van der Waals surface area contributed by atoms with Gasteiger partial charge in [0.15, 0.2) is 30.0 Å². The van der Waals surface area contributed by atoms with Crippen molar-refractivity contribution < 1.29 is 130 Å². The fourth-order valence-electron chi connectivity index (χ4n) is 8.47. The maximum atomic E-state index is 12.3. The topological polar surface area (TPSA) is 594 Å². The molecule has 5 heterocycles. The van der Waals surface area contributed by atoms with Crippen LogP contribution in [0.25, 0.3) is 0 Å². The minimum absolute atomic E-state index is 0.0849. The molecule has 6 rings (SSSR count). The van der Waals surface area contributed by atoms with Gasteiger partial charge in [0.05, 0.1) is 34.4 Å². The number of amides is 5. The molecule has 1 aliphatic rings. The van der Waals surface area contributed by atoms with Crippen molar-refractivity contribution in [3.63, 3.8) is 0 Å². The van der Waals surface area contributed by atoms with Gasteiger partial charge in [0.25, 0.3) is 11.8 Å². The van der Waals surface area contributed by atoms with Crippen molar-refractivity contribution in [1.82, 2.24) is 46.5 Å². The number of nitrogens with one attached hydrogen (secondary N) is 5. The van der Waals surface area contributed by atoms with Crippen molar-refractivity contribution in [2.75, 3.05) is 18.6 Å². The third-order valence-corrected chi connectivity index (χ3v) is 13.3. The first kappa shape index (κ1) is 100. The molecule has 0 unspecified atom stereocenters. The highest BCUT2D eigenvalue weighted by Crippen LogP contribution is 2.28. The zero-order valence-corrected chi connectivity index (χ0v) is 67.5. The van der Waals surface area contributed by atoms with E-state index >= 15 is 0 Å². The molecule has 0 spiro atoms. The van der Waals surface area contributed by atoms with Gasteiger partial charge in [0.1, 0.15) is 64.2 Å². The lowest BCUT2D eigenvalue weighted by atomic mass is 10.0. The van der Waals surface area contributed by atoms with Crippen LogP contribution in [0.15, 0.2) is 97.6 Å². The Morgan fingerprint density at radius 1 is 0.504 bits per heavy atom. The molecule has 636 valence electrons. The lowest BCUT2D eigenvalue weighted by Gasteiger charge is -2.26. The second-order valence-corrected chi connectivity index (χ2v) is 29.4. The summed E-state index contributed by atoms with van der Waals surface area (Å²) in [4.78, 5) is 150. The molecular formula is C73H104FN13O28. The van der Waals surface area contributed by atoms with Gasteiger partial charge in [-0.3, -0.25) is 25.0 Å². The second-order valence-electron chi connectivity index (χ2n) is 29.4. The molecule has 13 N–H and O–H groups in total. The summed E-state index contributed by atoms with van der Waals surface area (Å²) >= 11 is 0. The molecule has 0 radical (unpaired) electrons. The minimum atomic E-state index is -1.48. The summed E-state index contributed by atoms with van der Waals surface area (Å²) in [6, 6.07) is 12.8. The van der Waals surface area contributed by atoms with Crippen LogP contribution >= 0.6 is 0 Å². The Kier molecular flexibility index (Phi) is 39.8. The second kappa shape index (κ2) is 45.7. The van der Waals surface area contributed by atoms with Gasteiger partial charge < -0.3 is 106 Å². The molecule has 0 fully saturated rings. The summed E-state index contributed by atoms with van der Waals surface area (Å²) in [7, 11) is 1.22. The van der Waals surface area contributed by atoms with Crippen molar-refractivity contribution >= 4 is 82.9 Å². The summed E-state index contributed by atoms with van der Waals surface area (Å²) in [5.41, 5.74) is 8.31. The van der Waals surface area contributed by atoms with E-state index in [9.17, 15) is 82.8 Å². The number of fused-ring (bicyclic) bond motifs is 1. The number of hydrogen-bond acceptors (Lipinski definition) is 31. The Labute approximate surface area is 662 Å². The first-order valence-electron chi connectivity index (χ1n) is 34.8. The number of carboxylic acids is 3. The lowest BCUT2D eigenvalue weighted by Crippen LogP contribution is -2.51. The number of esters is 1. The Hall–Kier alpha value is -12.8. The molecule has 0 saturated carbocycles. The van der Waals surface area contributed by atoms with Gasteiger partial charge in [-0.1, -0.05) is 18.2 Å². The number of ketones is 1. The number of carboxylic acid groups (broad SMARTS) is 3. The number of aliphatic carboxylic acids is 3. The van der Waals surface area contributed by atoms with Gasteiger partial charge in [-0.15, -0.1) is 0 Å². The van der Waals surface area contributed by atoms with Gasteiger partial charge in [0, 0.05) is 48.9 Å². The Morgan fingerprint density at radius 3 is 1.18 bits per heavy atom. The predicted molar refractivity (Wildman–Crippen MR) is 407 cm³/mol. The number of nitrogens with zero attached hydrogens (tertiary/aromatic N) is 6.